The molecular formula is C31H28ClFN4O5S. The second kappa shape index (κ2) is 14.0. The molecule has 4 aromatic carbocycles. The summed E-state index contributed by atoms with van der Waals surface area (Å²) in [6, 6.07) is 23.1. The highest BCUT2D eigenvalue weighted by Gasteiger charge is 2.28. The highest BCUT2D eigenvalue weighted by Crippen LogP contribution is 2.29. The van der Waals surface area contributed by atoms with Gasteiger partial charge in [-0.2, -0.15) is 5.10 Å². The summed E-state index contributed by atoms with van der Waals surface area (Å²) < 4.78 is 46.6. The Morgan fingerprint density at radius 1 is 0.930 bits per heavy atom. The van der Waals surface area contributed by atoms with E-state index < -0.39 is 34.2 Å². The van der Waals surface area contributed by atoms with Crippen molar-refractivity contribution in [3.63, 3.8) is 0 Å². The molecular weight excluding hydrogens is 595 g/mol. The van der Waals surface area contributed by atoms with Gasteiger partial charge in [-0.25, -0.2) is 18.2 Å². The fourth-order valence-corrected chi connectivity index (χ4v) is 5.51. The van der Waals surface area contributed by atoms with Crippen molar-refractivity contribution in [1.82, 2.24) is 5.43 Å². The summed E-state index contributed by atoms with van der Waals surface area (Å²) in [5.74, 6) is -1.06. The predicted molar refractivity (Wildman–Crippen MR) is 165 cm³/mol. The number of nitrogens with one attached hydrogen (secondary N) is 2. The van der Waals surface area contributed by atoms with Crippen LogP contribution < -0.4 is 19.8 Å². The number of benzene rings is 4. The number of rotatable bonds is 11. The molecule has 4 aromatic rings. The molecule has 2 N–H and O–H groups in total. The SMILES string of the molecule is Cc1ccc(S(=O)(=O)N(CC(=O)NN=Cc2ccc(OCC(=O)Nc3ccc(F)cc3)cc2)c2cc(Cl)ccc2C)cc1. The zero-order valence-corrected chi connectivity index (χ0v) is 24.8. The third-order valence-electron chi connectivity index (χ3n) is 6.12. The average molecular weight is 623 g/mol. The maximum absolute atomic E-state index is 13.6. The number of ether oxygens (including phenoxy) is 1. The largest absolute Gasteiger partial charge is 0.484 e. The first-order chi connectivity index (χ1) is 20.5. The van der Waals surface area contributed by atoms with Gasteiger partial charge in [0.1, 0.15) is 18.1 Å². The molecule has 0 aliphatic carbocycles. The lowest BCUT2D eigenvalue weighted by Gasteiger charge is -2.25. The second-order valence-electron chi connectivity index (χ2n) is 9.46. The number of anilines is 2. The fourth-order valence-electron chi connectivity index (χ4n) is 3.86. The molecule has 0 radical (unpaired) electrons. The number of halogens is 2. The number of carbonyl (C=O) groups is 2. The molecule has 12 heteroatoms. The van der Waals surface area contributed by atoms with Crippen LogP contribution in [-0.4, -0.2) is 39.6 Å². The maximum Gasteiger partial charge on any atom is 0.264 e. The van der Waals surface area contributed by atoms with Crippen LogP contribution in [0.5, 0.6) is 5.75 Å². The molecule has 4 rings (SSSR count). The zero-order valence-electron chi connectivity index (χ0n) is 23.3. The van der Waals surface area contributed by atoms with Gasteiger partial charge < -0.3 is 10.1 Å². The Morgan fingerprint density at radius 3 is 2.28 bits per heavy atom. The maximum atomic E-state index is 13.6. The van der Waals surface area contributed by atoms with Gasteiger partial charge in [0.2, 0.25) is 0 Å². The Bertz CT molecular complexity index is 1730. The zero-order chi connectivity index (χ0) is 31.0. The molecule has 222 valence electrons. The van der Waals surface area contributed by atoms with Crippen molar-refractivity contribution in [3.8, 4) is 5.75 Å². The molecule has 43 heavy (non-hydrogen) atoms. The Hall–Kier alpha value is -4.74. The second-order valence-corrected chi connectivity index (χ2v) is 11.8. The van der Waals surface area contributed by atoms with Crippen molar-refractivity contribution in [1.29, 1.82) is 0 Å². The van der Waals surface area contributed by atoms with Crippen LogP contribution in [-0.2, 0) is 19.6 Å². The van der Waals surface area contributed by atoms with E-state index in [1.165, 1.54) is 48.7 Å². The number of nitrogens with zero attached hydrogens (tertiary/aromatic N) is 2. The number of carbonyl (C=O) groups excluding carboxylic acids is 2. The van der Waals surface area contributed by atoms with Crippen molar-refractivity contribution < 1.29 is 27.1 Å². The van der Waals surface area contributed by atoms with Crippen LogP contribution >= 0.6 is 11.6 Å². The number of amides is 2. The van der Waals surface area contributed by atoms with Crippen LogP contribution in [0.3, 0.4) is 0 Å². The molecule has 2 amide bonds. The molecule has 0 spiro atoms. The van der Waals surface area contributed by atoms with Gasteiger partial charge in [-0.3, -0.25) is 13.9 Å². The predicted octanol–water partition coefficient (Wildman–Crippen LogP) is 5.46. The Balaban J connectivity index is 1.37. The average Bonchev–Trinajstić information content (AvgIpc) is 2.98. The third kappa shape index (κ3) is 8.63. The van der Waals surface area contributed by atoms with E-state index in [-0.39, 0.29) is 17.2 Å². The summed E-state index contributed by atoms with van der Waals surface area (Å²) in [6.45, 7) is 2.78. The third-order valence-corrected chi connectivity index (χ3v) is 8.13. The van der Waals surface area contributed by atoms with Crippen LogP contribution in [0.1, 0.15) is 16.7 Å². The van der Waals surface area contributed by atoms with Crippen LogP contribution in [0.4, 0.5) is 15.8 Å². The van der Waals surface area contributed by atoms with Crippen molar-refractivity contribution in [2.45, 2.75) is 18.7 Å². The first-order valence-electron chi connectivity index (χ1n) is 13.0. The summed E-state index contributed by atoms with van der Waals surface area (Å²) in [5.41, 5.74) is 5.20. The number of aryl methyl sites for hydroxylation is 2. The molecule has 0 unspecified atom stereocenters. The molecule has 0 fully saturated rings. The van der Waals surface area contributed by atoms with Gasteiger partial charge in [0.15, 0.2) is 6.61 Å². The number of hydrazone groups is 1. The molecule has 0 saturated heterocycles. The molecule has 0 saturated carbocycles. The molecule has 0 aromatic heterocycles. The smallest absolute Gasteiger partial charge is 0.264 e. The minimum absolute atomic E-state index is 0.0315. The highest BCUT2D eigenvalue weighted by molar-refractivity contribution is 7.92. The topological polar surface area (TPSA) is 117 Å². The standard InChI is InChI=1S/C31H28ClFN4O5S/c1-21-3-15-28(16-4-21)43(40,41)37(29-17-24(32)8-5-22(29)2)19-30(38)36-34-18-23-6-13-27(14-7-23)42-20-31(39)35-26-11-9-25(33)10-12-26/h3-18H,19-20H2,1-2H3,(H,35,39)(H,36,38). The van der Waals surface area contributed by atoms with E-state index >= 15 is 0 Å². The van der Waals surface area contributed by atoms with E-state index in [1.54, 1.807) is 55.5 Å². The van der Waals surface area contributed by atoms with Gasteiger partial charge in [0, 0.05) is 10.7 Å². The summed E-state index contributed by atoms with van der Waals surface area (Å²) in [4.78, 5) is 24.9. The van der Waals surface area contributed by atoms with Crippen LogP contribution in [0.15, 0.2) is 101 Å². The van der Waals surface area contributed by atoms with Crippen LogP contribution in [0.25, 0.3) is 0 Å². The van der Waals surface area contributed by atoms with E-state index in [0.29, 0.717) is 27.6 Å². The van der Waals surface area contributed by atoms with Gasteiger partial charge in [0.25, 0.3) is 21.8 Å². The van der Waals surface area contributed by atoms with E-state index in [0.717, 1.165) is 9.87 Å². The van der Waals surface area contributed by atoms with Gasteiger partial charge in [-0.05, 0) is 97.8 Å². The Morgan fingerprint density at radius 2 is 1.60 bits per heavy atom. The van der Waals surface area contributed by atoms with Crippen molar-refractivity contribution in [2.75, 3.05) is 22.8 Å². The fraction of sp³-hybridized carbons (Fsp3) is 0.129. The normalized spacial score (nSPS) is 11.3. The van der Waals surface area contributed by atoms with E-state index in [1.807, 2.05) is 6.92 Å². The van der Waals surface area contributed by atoms with E-state index in [9.17, 15) is 22.4 Å². The van der Waals surface area contributed by atoms with Crippen LogP contribution in [0, 0.1) is 19.7 Å². The number of hydrogen-bond donors (Lipinski definition) is 2. The quantitative estimate of drug-likeness (QED) is 0.170. The Kier molecular flexibility index (Phi) is 10.1. The van der Waals surface area contributed by atoms with E-state index in [4.69, 9.17) is 16.3 Å². The summed E-state index contributed by atoms with van der Waals surface area (Å²) in [6.07, 6.45) is 1.38. The summed E-state index contributed by atoms with van der Waals surface area (Å²) >= 11 is 6.16. The highest BCUT2D eigenvalue weighted by atomic mass is 35.5. The lowest BCUT2D eigenvalue weighted by Crippen LogP contribution is -2.40. The Labute approximate surface area is 254 Å². The minimum atomic E-state index is -4.11. The van der Waals surface area contributed by atoms with Crippen LogP contribution in [0.2, 0.25) is 5.02 Å². The molecule has 9 nitrogen and oxygen atoms in total. The number of hydrogen-bond acceptors (Lipinski definition) is 6. The van der Waals surface area contributed by atoms with Gasteiger partial charge in [-0.15, -0.1) is 0 Å². The van der Waals surface area contributed by atoms with Gasteiger partial charge in [0.05, 0.1) is 16.8 Å². The molecule has 0 bridgehead atoms. The molecule has 0 aliphatic heterocycles. The van der Waals surface area contributed by atoms with Gasteiger partial charge in [-0.1, -0.05) is 35.4 Å². The minimum Gasteiger partial charge on any atom is -0.484 e. The first kappa shape index (κ1) is 31.2. The van der Waals surface area contributed by atoms with E-state index in [2.05, 4.69) is 15.8 Å². The lowest BCUT2D eigenvalue weighted by atomic mass is 10.2. The van der Waals surface area contributed by atoms with Crippen molar-refractivity contribution in [2.24, 2.45) is 5.10 Å². The monoisotopic (exact) mass is 622 g/mol. The van der Waals surface area contributed by atoms with Crippen molar-refractivity contribution >= 4 is 51.0 Å². The number of sulfonamides is 1. The van der Waals surface area contributed by atoms with Gasteiger partial charge >= 0.3 is 0 Å². The first-order valence-corrected chi connectivity index (χ1v) is 14.8. The molecule has 0 aliphatic rings. The van der Waals surface area contributed by atoms with Crippen molar-refractivity contribution in [3.05, 3.63) is 119 Å². The lowest BCUT2D eigenvalue weighted by molar-refractivity contribution is -0.119. The molecule has 0 heterocycles. The molecule has 0 atom stereocenters. The summed E-state index contributed by atoms with van der Waals surface area (Å²) in [7, 11) is -4.11. The summed E-state index contributed by atoms with van der Waals surface area (Å²) in [5, 5.41) is 6.87.